The van der Waals surface area contributed by atoms with E-state index >= 15 is 0 Å². The van der Waals surface area contributed by atoms with Crippen LogP contribution in [0, 0.1) is 12.8 Å². The first-order valence-corrected chi connectivity index (χ1v) is 6.58. The summed E-state index contributed by atoms with van der Waals surface area (Å²) in [6, 6.07) is 3.64. The fraction of sp³-hybridized carbons (Fsp3) is 0.583. The number of furan rings is 1. The molecule has 0 amide bonds. The van der Waals surface area contributed by atoms with Crippen LogP contribution in [0.3, 0.4) is 0 Å². The highest BCUT2D eigenvalue weighted by atomic mass is 32.2. The Morgan fingerprint density at radius 2 is 2.20 bits per heavy atom. The van der Waals surface area contributed by atoms with Gasteiger partial charge < -0.3 is 4.42 Å². The van der Waals surface area contributed by atoms with E-state index in [4.69, 9.17) is 4.42 Å². The third-order valence-electron chi connectivity index (χ3n) is 2.83. The minimum Gasteiger partial charge on any atom is -0.458 e. The lowest BCUT2D eigenvalue weighted by Crippen LogP contribution is -2.14. The number of ketones is 1. The van der Waals surface area contributed by atoms with E-state index in [1.165, 1.54) is 24.3 Å². The third-order valence-corrected chi connectivity index (χ3v) is 3.88. The first-order valence-electron chi connectivity index (χ1n) is 5.43. The Hall–Kier alpha value is -0.700. The molecule has 1 aliphatic heterocycles. The van der Waals surface area contributed by atoms with Gasteiger partial charge in [-0.1, -0.05) is 0 Å². The highest BCUT2D eigenvalue weighted by molar-refractivity contribution is 7.99. The molecule has 0 aliphatic carbocycles. The van der Waals surface area contributed by atoms with Crippen LogP contribution < -0.4 is 0 Å². The molecule has 0 saturated carbocycles. The molecule has 2 nitrogen and oxygen atoms in total. The van der Waals surface area contributed by atoms with Crippen molar-refractivity contribution in [2.45, 2.75) is 26.2 Å². The van der Waals surface area contributed by atoms with E-state index in [-0.39, 0.29) is 5.78 Å². The normalized spacial score (nSPS) is 17.9. The molecule has 0 spiro atoms. The lowest BCUT2D eigenvalue weighted by atomic mass is 9.96. The van der Waals surface area contributed by atoms with Crippen LogP contribution in [0.1, 0.15) is 35.6 Å². The smallest absolute Gasteiger partial charge is 0.198 e. The molecule has 1 saturated heterocycles. The van der Waals surface area contributed by atoms with Gasteiger partial charge in [0.05, 0.1) is 0 Å². The van der Waals surface area contributed by atoms with Crippen LogP contribution in [0.5, 0.6) is 0 Å². The number of carbonyl (C=O) groups excluding carboxylic acids is 1. The highest BCUT2D eigenvalue weighted by Crippen LogP contribution is 2.26. The SMILES string of the molecule is Cc1ccc(C(=O)CC2CCSCC2)o1. The van der Waals surface area contributed by atoms with Crippen molar-refractivity contribution in [2.24, 2.45) is 5.92 Å². The zero-order valence-corrected chi connectivity index (χ0v) is 9.81. The van der Waals surface area contributed by atoms with Gasteiger partial charge in [-0.3, -0.25) is 4.79 Å². The Morgan fingerprint density at radius 1 is 1.47 bits per heavy atom. The summed E-state index contributed by atoms with van der Waals surface area (Å²) in [6.45, 7) is 1.87. The number of thioether (sulfide) groups is 1. The second-order valence-corrected chi connectivity index (χ2v) is 5.32. The lowest BCUT2D eigenvalue weighted by molar-refractivity contribution is 0.0930. The summed E-state index contributed by atoms with van der Waals surface area (Å²) in [7, 11) is 0. The van der Waals surface area contributed by atoms with Gasteiger partial charge in [-0.25, -0.2) is 0 Å². The summed E-state index contributed by atoms with van der Waals surface area (Å²) in [5, 5.41) is 0. The molecule has 0 radical (unpaired) electrons. The van der Waals surface area contributed by atoms with Gasteiger partial charge in [0.25, 0.3) is 0 Å². The van der Waals surface area contributed by atoms with Crippen LogP contribution in [-0.2, 0) is 0 Å². The molecule has 1 aromatic heterocycles. The average Bonchev–Trinajstić information content (AvgIpc) is 2.66. The Morgan fingerprint density at radius 3 is 2.80 bits per heavy atom. The van der Waals surface area contributed by atoms with Crippen molar-refractivity contribution in [3.8, 4) is 0 Å². The monoisotopic (exact) mass is 224 g/mol. The summed E-state index contributed by atoms with van der Waals surface area (Å²) in [6.07, 6.45) is 3.01. The number of rotatable bonds is 3. The summed E-state index contributed by atoms with van der Waals surface area (Å²) in [5.41, 5.74) is 0. The molecule has 0 aromatic carbocycles. The van der Waals surface area contributed by atoms with Crippen LogP contribution in [0.2, 0.25) is 0 Å². The van der Waals surface area contributed by atoms with Gasteiger partial charge in [0.2, 0.25) is 0 Å². The summed E-state index contributed by atoms with van der Waals surface area (Å²) in [4.78, 5) is 11.8. The number of hydrogen-bond acceptors (Lipinski definition) is 3. The molecule has 0 atom stereocenters. The zero-order valence-electron chi connectivity index (χ0n) is 8.99. The van der Waals surface area contributed by atoms with Gasteiger partial charge in [0.1, 0.15) is 5.76 Å². The fourth-order valence-corrected chi connectivity index (χ4v) is 3.10. The van der Waals surface area contributed by atoms with Gasteiger partial charge in [0.15, 0.2) is 11.5 Å². The van der Waals surface area contributed by atoms with Crippen LogP contribution in [0.25, 0.3) is 0 Å². The summed E-state index contributed by atoms with van der Waals surface area (Å²) >= 11 is 1.99. The second-order valence-electron chi connectivity index (χ2n) is 4.09. The predicted molar refractivity (Wildman–Crippen MR) is 62.4 cm³/mol. The minimum atomic E-state index is 0.167. The predicted octanol–water partition coefficient (Wildman–Crippen LogP) is 3.30. The summed E-state index contributed by atoms with van der Waals surface area (Å²) in [5.74, 6) is 4.50. The van der Waals surface area contributed by atoms with Crippen molar-refractivity contribution in [1.29, 1.82) is 0 Å². The quantitative estimate of drug-likeness (QED) is 0.738. The van der Waals surface area contributed by atoms with Crippen molar-refractivity contribution in [3.05, 3.63) is 23.7 Å². The maximum absolute atomic E-state index is 11.8. The van der Waals surface area contributed by atoms with E-state index in [2.05, 4.69) is 0 Å². The highest BCUT2D eigenvalue weighted by Gasteiger charge is 2.19. The minimum absolute atomic E-state index is 0.167. The Balaban J connectivity index is 1.91. The van der Waals surface area contributed by atoms with Crippen molar-refractivity contribution >= 4 is 17.5 Å². The van der Waals surface area contributed by atoms with E-state index in [1.807, 2.05) is 24.8 Å². The molecule has 2 rings (SSSR count). The van der Waals surface area contributed by atoms with Crippen LogP contribution >= 0.6 is 11.8 Å². The Labute approximate surface area is 94.4 Å². The van der Waals surface area contributed by atoms with Crippen LogP contribution in [-0.4, -0.2) is 17.3 Å². The Bertz CT molecular complexity index is 337. The molecule has 2 heterocycles. The Kier molecular flexibility index (Phi) is 3.52. The zero-order chi connectivity index (χ0) is 10.7. The van der Waals surface area contributed by atoms with E-state index in [0.29, 0.717) is 18.1 Å². The first kappa shape index (κ1) is 10.8. The van der Waals surface area contributed by atoms with E-state index in [0.717, 1.165) is 5.76 Å². The maximum atomic E-state index is 11.8. The molecular formula is C12H16O2S. The van der Waals surface area contributed by atoms with Crippen molar-refractivity contribution < 1.29 is 9.21 Å². The van der Waals surface area contributed by atoms with Crippen molar-refractivity contribution in [2.75, 3.05) is 11.5 Å². The van der Waals surface area contributed by atoms with Crippen LogP contribution in [0.15, 0.2) is 16.5 Å². The van der Waals surface area contributed by atoms with Gasteiger partial charge in [-0.2, -0.15) is 11.8 Å². The third kappa shape index (κ3) is 2.88. The molecule has 0 unspecified atom stereocenters. The topological polar surface area (TPSA) is 30.2 Å². The molecule has 1 aliphatic rings. The first-order chi connectivity index (χ1) is 7.25. The van der Waals surface area contributed by atoms with Gasteiger partial charge in [0, 0.05) is 6.42 Å². The standard InChI is InChI=1S/C12H16O2S/c1-9-2-3-12(14-9)11(13)8-10-4-6-15-7-5-10/h2-3,10H,4-8H2,1H3. The maximum Gasteiger partial charge on any atom is 0.198 e. The lowest BCUT2D eigenvalue weighted by Gasteiger charge is -2.19. The van der Waals surface area contributed by atoms with Gasteiger partial charge >= 0.3 is 0 Å². The number of carbonyl (C=O) groups is 1. The number of hydrogen-bond donors (Lipinski definition) is 0. The molecule has 3 heteroatoms. The van der Waals surface area contributed by atoms with Crippen molar-refractivity contribution in [3.63, 3.8) is 0 Å². The fourth-order valence-electron chi connectivity index (χ4n) is 1.90. The molecule has 0 N–H and O–H groups in total. The van der Waals surface area contributed by atoms with Crippen molar-refractivity contribution in [1.82, 2.24) is 0 Å². The van der Waals surface area contributed by atoms with E-state index in [9.17, 15) is 4.79 Å². The molecule has 1 fully saturated rings. The van der Waals surface area contributed by atoms with Crippen LogP contribution in [0.4, 0.5) is 0 Å². The van der Waals surface area contributed by atoms with Gasteiger partial charge in [-0.05, 0) is 49.3 Å². The molecule has 1 aromatic rings. The largest absolute Gasteiger partial charge is 0.458 e. The molecule has 0 bridgehead atoms. The molecular weight excluding hydrogens is 208 g/mol. The molecule has 82 valence electrons. The van der Waals surface area contributed by atoms with E-state index in [1.54, 1.807) is 6.07 Å². The van der Waals surface area contributed by atoms with Gasteiger partial charge in [-0.15, -0.1) is 0 Å². The number of Topliss-reactive ketones (excluding diaryl/α,β-unsaturated/α-hetero) is 1. The second kappa shape index (κ2) is 4.88. The van der Waals surface area contributed by atoms with E-state index < -0.39 is 0 Å². The molecule has 15 heavy (non-hydrogen) atoms. The average molecular weight is 224 g/mol. The number of aryl methyl sites for hydroxylation is 1. The summed E-state index contributed by atoms with van der Waals surface area (Å²) < 4.78 is 5.33.